The average Bonchev–Trinajstić information content (AvgIpc) is 2.86. The van der Waals surface area contributed by atoms with Crippen LogP contribution >= 0.6 is 0 Å². The van der Waals surface area contributed by atoms with Crippen molar-refractivity contribution in [2.45, 2.75) is 50.2 Å². The lowest BCUT2D eigenvalue weighted by Gasteiger charge is -2.43. The number of hydrogen-bond donors (Lipinski definition) is 4. The van der Waals surface area contributed by atoms with E-state index in [1.807, 2.05) is 4.90 Å². The zero-order valence-corrected chi connectivity index (χ0v) is 19.3. The maximum absolute atomic E-state index is 10.1. The highest BCUT2D eigenvalue weighted by Gasteiger charge is 2.40. The van der Waals surface area contributed by atoms with Gasteiger partial charge in [-0.15, -0.1) is 0 Å². The summed E-state index contributed by atoms with van der Waals surface area (Å²) in [6.45, 7) is 1.90. The van der Waals surface area contributed by atoms with Crippen molar-refractivity contribution >= 4 is 32.3 Å². The molecule has 34 heavy (non-hydrogen) atoms. The smallest absolute Gasteiger partial charge is 0.109 e. The number of ether oxygens (including phenoxy) is 1. The number of likely N-dealkylation sites (tertiary alicyclic amines) is 1. The fourth-order valence-electron chi connectivity index (χ4n) is 5.43. The van der Waals surface area contributed by atoms with Gasteiger partial charge in [-0.1, -0.05) is 54.6 Å². The predicted molar refractivity (Wildman–Crippen MR) is 134 cm³/mol. The highest BCUT2D eigenvalue weighted by atomic mass is 16.5. The van der Waals surface area contributed by atoms with Crippen LogP contribution in [0.3, 0.4) is 0 Å². The summed E-state index contributed by atoms with van der Waals surface area (Å²) in [5.41, 5.74) is 1.20. The lowest BCUT2D eigenvalue weighted by molar-refractivity contribution is -0.145. The highest BCUT2D eigenvalue weighted by Crippen LogP contribution is 2.36. The van der Waals surface area contributed by atoms with E-state index in [9.17, 15) is 20.4 Å². The topological polar surface area (TPSA) is 93.4 Å². The molecule has 6 heteroatoms. The van der Waals surface area contributed by atoms with Crippen molar-refractivity contribution in [2.24, 2.45) is 0 Å². The predicted octanol–water partition coefficient (Wildman–Crippen LogP) is 3.03. The standard InChI is InChI=1S/C28H33NO5/c30-16-23-27(32)28(33)24(31)15-29(23)13-2-1-3-14-34-17-21-10-9-20-8-7-18-5-4-6-19-11-12-22(21)26(20)25(18)19/h4-12,23-24,27-28,30-33H,1-3,13-17H2/t23-,24-,27+,28+/m0/s1. The van der Waals surface area contributed by atoms with E-state index in [2.05, 4.69) is 54.6 Å². The molecule has 1 aliphatic rings. The molecule has 5 rings (SSSR count). The van der Waals surface area contributed by atoms with Gasteiger partial charge in [0, 0.05) is 13.2 Å². The van der Waals surface area contributed by atoms with Crippen LogP contribution in [-0.2, 0) is 11.3 Å². The SMILES string of the molecule is OC[C@H]1[C@@H](O)[C@H](O)[C@@H](O)CN1CCCCCOCc1ccc2ccc3cccc4ccc1c2c34. The van der Waals surface area contributed by atoms with Crippen LogP contribution in [0.2, 0.25) is 0 Å². The van der Waals surface area contributed by atoms with Crippen LogP contribution < -0.4 is 0 Å². The minimum absolute atomic E-state index is 0.243. The molecule has 1 aliphatic heterocycles. The van der Waals surface area contributed by atoms with E-state index in [0.717, 1.165) is 19.3 Å². The lowest BCUT2D eigenvalue weighted by Crippen LogP contribution is -2.62. The molecule has 1 saturated heterocycles. The fraction of sp³-hybridized carbons (Fsp3) is 0.429. The largest absolute Gasteiger partial charge is 0.395 e. The molecule has 4 aromatic carbocycles. The first-order valence-electron chi connectivity index (χ1n) is 12.2. The van der Waals surface area contributed by atoms with Gasteiger partial charge in [0.15, 0.2) is 0 Å². The van der Waals surface area contributed by atoms with Crippen LogP contribution in [0.4, 0.5) is 0 Å². The van der Waals surface area contributed by atoms with Gasteiger partial charge in [-0.3, -0.25) is 4.90 Å². The monoisotopic (exact) mass is 463 g/mol. The summed E-state index contributed by atoms with van der Waals surface area (Å²) in [6.07, 6.45) is -0.608. The summed E-state index contributed by atoms with van der Waals surface area (Å²) in [4.78, 5) is 1.87. The van der Waals surface area contributed by atoms with E-state index in [0.29, 0.717) is 19.8 Å². The summed E-state index contributed by atoms with van der Waals surface area (Å²) in [5.74, 6) is 0. The normalized spacial score (nSPS) is 24.0. The molecule has 0 unspecified atom stereocenters. The van der Waals surface area contributed by atoms with Gasteiger partial charge < -0.3 is 25.2 Å². The van der Waals surface area contributed by atoms with Crippen LogP contribution in [-0.4, -0.2) is 76.0 Å². The van der Waals surface area contributed by atoms with Crippen LogP contribution in [0, 0.1) is 0 Å². The van der Waals surface area contributed by atoms with Crippen molar-refractivity contribution in [1.29, 1.82) is 0 Å². The highest BCUT2D eigenvalue weighted by molar-refractivity contribution is 6.23. The Morgan fingerprint density at radius 3 is 2.26 bits per heavy atom. The van der Waals surface area contributed by atoms with Crippen molar-refractivity contribution in [3.63, 3.8) is 0 Å². The average molecular weight is 464 g/mol. The Morgan fingerprint density at radius 2 is 1.50 bits per heavy atom. The molecule has 4 aromatic rings. The second-order valence-corrected chi connectivity index (χ2v) is 9.49. The summed E-state index contributed by atoms with van der Waals surface area (Å²) in [5, 5.41) is 47.1. The van der Waals surface area contributed by atoms with Gasteiger partial charge in [-0.25, -0.2) is 0 Å². The van der Waals surface area contributed by atoms with E-state index in [-0.39, 0.29) is 13.2 Å². The van der Waals surface area contributed by atoms with Crippen molar-refractivity contribution in [3.05, 3.63) is 60.2 Å². The second kappa shape index (κ2) is 10.1. The van der Waals surface area contributed by atoms with Gasteiger partial charge in [-0.05, 0) is 63.7 Å². The molecule has 180 valence electrons. The zero-order valence-electron chi connectivity index (χ0n) is 19.3. The minimum Gasteiger partial charge on any atom is -0.395 e. The molecule has 0 saturated carbocycles. The van der Waals surface area contributed by atoms with E-state index >= 15 is 0 Å². The van der Waals surface area contributed by atoms with Crippen LogP contribution in [0.25, 0.3) is 32.3 Å². The summed E-state index contributed by atoms with van der Waals surface area (Å²) in [6, 6.07) is 19.0. The van der Waals surface area contributed by atoms with E-state index < -0.39 is 24.4 Å². The Hall–Kier alpha value is -2.32. The van der Waals surface area contributed by atoms with Gasteiger partial charge in [0.2, 0.25) is 0 Å². The Labute approximate surface area is 199 Å². The molecule has 4 N–H and O–H groups in total. The molecule has 4 atom stereocenters. The first kappa shape index (κ1) is 23.4. The van der Waals surface area contributed by atoms with E-state index in [1.54, 1.807) is 0 Å². The Morgan fingerprint density at radius 1 is 0.794 bits per heavy atom. The van der Waals surface area contributed by atoms with Gasteiger partial charge in [0.05, 0.1) is 25.4 Å². The first-order valence-corrected chi connectivity index (χ1v) is 12.2. The fourth-order valence-corrected chi connectivity index (χ4v) is 5.43. The van der Waals surface area contributed by atoms with Crippen molar-refractivity contribution < 1.29 is 25.2 Å². The number of hydrogen-bond acceptors (Lipinski definition) is 6. The summed E-state index contributed by atoms with van der Waals surface area (Å²) >= 11 is 0. The van der Waals surface area contributed by atoms with Gasteiger partial charge in [-0.2, -0.15) is 0 Å². The summed E-state index contributed by atoms with van der Waals surface area (Å²) in [7, 11) is 0. The molecule has 0 aromatic heterocycles. The third-order valence-corrected chi connectivity index (χ3v) is 7.33. The quantitative estimate of drug-likeness (QED) is 0.225. The molecule has 0 spiro atoms. The Kier molecular flexibility index (Phi) is 6.97. The zero-order chi connectivity index (χ0) is 23.7. The first-order chi connectivity index (χ1) is 16.6. The maximum Gasteiger partial charge on any atom is 0.109 e. The molecule has 0 radical (unpaired) electrons. The number of nitrogens with zero attached hydrogens (tertiary/aromatic N) is 1. The van der Waals surface area contributed by atoms with Crippen molar-refractivity contribution in [3.8, 4) is 0 Å². The molecule has 1 fully saturated rings. The Bertz CT molecular complexity index is 1230. The number of piperidine rings is 1. The number of aliphatic hydroxyl groups excluding tert-OH is 4. The summed E-state index contributed by atoms with van der Waals surface area (Å²) < 4.78 is 6.03. The molecule has 0 bridgehead atoms. The molecular formula is C28H33NO5. The van der Waals surface area contributed by atoms with Crippen LogP contribution in [0.15, 0.2) is 54.6 Å². The molecule has 6 nitrogen and oxygen atoms in total. The number of benzene rings is 4. The molecule has 0 amide bonds. The molecule has 1 heterocycles. The van der Waals surface area contributed by atoms with Gasteiger partial charge >= 0.3 is 0 Å². The number of rotatable bonds is 9. The third-order valence-electron chi connectivity index (χ3n) is 7.33. The van der Waals surface area contributed by atoms with Crippen molar-refractivity contribution in [2.75, 3.05) is 26.3 Å². The van der Waals surface area contributed by atoms with Crippen LogP contribution in [0.5, 0.6) is 0 Å². The van der Waals surface area contributed by atoms with E-state index in [1.165, 1.54) is 37.9 Å². The van der Waals surface area contributed by atoms with Crippen LogP contribution in [0.1, 0.15) is 24.8 Å². The maximum atomic E-state index is 10.1. The van der Waals surface area contributed by atoms with Gasteiger partial charge in [0.25, 0.3) is 0 Å². The Balaban J connectivity index is 1.14. The number of aliphatic hydroxyl groups is 4. The van der Waals surface area contributed by atoms with Crippen molar-refractivity contribution in [1.82, 2.24) is 4.90 Å². The third kappa shape index (κ3) is 4.38. The lowest BCUT2D eigenvalue weighted by atomic mass is 9.92. The number of unbranched alkanes of at least 4 members (excludes halogenated alkanes) is 2. The minimum atomic E-state index is -1.21. The van der Waals surface area contributed by atoms with E-state index in [4.69, 9.17) is 4.74 Å². The molecular weight excluding hydrogens is 430 g/mol. The molecule has 0 aliphatic carbocycles. The van der Waals surface area contributed by atoms with Gasteiger partial charge in [0.1, 0.15) is 12.2 Å². The number of β-amino-alcohol motifs (C(OH)–C–C–N with tert-alkyl or cyclic N) is 1. The second-order valence-electron chi connectivity index (χ2n) is 9.49.